The van der Waals surface area contributed by atoms with E-state index in [0.29, 0.717) is 17.6 Å². The summed E-state index contributed by atoms with van der Waals surface area (Å²) in [5.41, 5.74) is 3.34. The Morgan fingerprint density at radius 3 is 2.97 bits per heavy atom. The predicted octanol–water partition coefficient (Wildman–Crippen LogP) is 2.86. The van der Waals surface area contributed by atoms with Crippen molar-refractivity contribution in [2.24, 2.45) is 13.0 Å². The van der Waals surface area contributed by atoms with E-state index in [9.17, 15) is 4.79 Å². The number of nitrogens with one attached hydrogen (secondary N) is 2. The maximum atomic E-state index is 12.7. The van der Waals surface area contributed by atoms with Crippen molar-refractivity contribution >= 4 is 23.0 Å². The summed E-state index contributed by atoms with van der Waals surface area (Å²) in [5, 5.41) is 7.14. The van der Waals surface area contributed by atoms with E-state index >= 15 is 0 Å². The fourth-order valence-electron chi connectivity index (χ4n) is 3.81. The van der Waals surface area contributed by atoms with Crippen molar-refractivity contribution in [2.75, 3.05) is 39.2 Å². The van der Waals surface area contributed by atoms with Crippen LogP contribution in [0.5, 0.6) is 5.75 Å². The van der Waals surface area contributed by atoms with Gasteiger partial charge in [0.2, 0.25) is 5.95 Å². The van der Waals surface area contributed by atoms with E-state index in [2.05, 4.69) is 20.4 Å². The second kappa shape index (κ2) is 8.12. The molecule has 1 saturated heterocycles. The Morgan fingerprint density at radius 2 is 2.24 bits per heavy atom. The third kappa shape index (κ3) is 3.91. The van der Waals surface area contributed by atoms with Crippen LogP contribution in [0.4, 0.5) is 10.7 Å². The molecule has 0 bridgehead atoms. The van der Waals surface area contributed by atoms with Crippen LogP contribution in [-0.2, 0) is 11.8 Å². The predicted molar refractivity (Wildman–Crippen MR) is 110 cm³/mol. The molecule has 1 aliphatic rings. The zero-order valence-corrected chi connectivity index (χ0v) is 16.9. The van der Waals surface area contributed by atoms with Crippen LogP contribution in [0, 0.1) is 5.92 Å². The van der Waals surface area contributed by atoms with Gasteiger partial charge < -0.3 is 19.4 Å². The number of urea groups is 1. The standard InChI is InChI=1S/C20H26N6O3/c1-25-12-14(10-21-25)15-4-5-16(29-3)18-17(15)22-19(23-18)24-20(27)26-8-6-13(11-26)7-9-28-2/h4-5,10,12-13H,6-9,11H2,1-3H3,(H2,22,23,24,27)/t13-/m1/s1. The third-order valence-electron chi connectivity index (χ3n) is 5.37. The highest BCUT2D eigenvalue weighted by Crippen LogP contribution is 2.33. The normalized spacial score (nSPS) is 16.5. The molecule has 154 valence electrons. The number of nitrogens with zero attached hydrogens (tertiary/aromatic N) is 4. The largest absolute Gasteiger partial charge is 0.494 e. The lowest BCUT2D eigenvalue weighted by molar-refractivity contribution is 0.177. The highest BCUT2D eigenvalue weighted by molar-refractivity contribution is 5.98. The van der Waals surface area contributed by atoms with E-state index in [1.807, 2.05) is 30.3 Å². The number of carbonyl (C=O) groups is 1. The fraction of sp³-hybridized carbons (Fsp3) is 0.450. The number of hydrogen-bond acceptors (Lipinski definition) is 5. The number of aromatic nitrogens is 4. The van der Waals surface area contributed by atoms with Crippen molar-refractivity contribution in [3.05, 3.63) is 24.5 Å². The molecule has 2 aromatic heterocycles. The Balaban J connectivity index is 1.56. The highest BCUT2D eigenvalue weighted by atomic mass is 16.5. The lowest BCUT2D eigenvalue weighted by Crippen LogP contribution is -2.33. The molecule has 29 heavy (non-hydrogen) atoms. The first-order valence-electron chi connectivity index (χ1n) is 9.69. The lowest BCUT2D eigenvalue weighted by Gasteiger charge is -2.16. The van der Waals surface area contributed by atoms with Gasteiger partial charge in [0.25, 0.3) is 0 Å². The van der Waals surface area contributed by atoms with Crippen LogP contribution >= 0.6 is 0 Å². The van der Waals surface area contributed by atoms with Gasteiger partial charge in [0.1, 0.15) is 16.8 Å². The summed E-state index contributed by atoms with van der Waals surface area (Å²) >= 11 is 0. The summed E-state index contributed by atoms with van der Waals surface area (Å²) in [5.74, 6) is 1.55. The van der Waals surface area contributed by atoms with Crippen LogP contribution in [-0.4, -0.2) is 64.6 Å². The summed E-state index contributed by atoms with van der Waals surface area (Å²) in [6, 6.07) is 3.69. The number of carbonyl (C=O) groups excluding carboxylic acids is 1. The maximum absolute atomic E-state index is 12.7. The first-order valence-corrected chi connectivity index (χ1v) is 9.69. The van der Waals surface area contributed by atoms with Crippen molar-refractivity contribution in [1.82, 2.24) is 24.6 Å². The zero-order valence-electron chi connectivity index (χ0n) is 16.9. The number of rotatable bonds is 6. The molecule has 0 saturated carbocycles. The van der Waals surface area contributed by atoms with E-state index in [1.54, 1.807) is 25.1 Å². The number of hydrogen-bond donors (Lipinski definition) is 2. The van der Waals surface area contributed by atoms with Gasteiger partial charge in [-0.25, -0.2) is 9.78 Å². The molecule has 0 radical (unpaired) electrons. The number of amides is 2. The van der Waals surface area contributed by atoms with Crippen molar-refractivity contribution in [3.8, 4) is 16.9 Å². The number of ether oxygens (including phenoxy) is 2. The number of aryl methyl sites for hydroxylation is 1. The Morgan fingerprint density at radius 1 is 1.38 bits per heavy atom. The monoisotopic (exact) mass is 398 g/mol. The molecule has 9 nitrogen and oxygen atoms in total. The third-order valence-corrected chi connectivity index (χ3v) is 5.37. The Hall–Kier alpha value is -3.07. The van der Waals surface area contributed by atoms with Crippen molar-refractivity contribution in [1.29, 1.82) is 0 Å². The second-order valence-electron chi connectivity index (χ2n) is 7.34. The molecule has 1 aromatic carbocycles. The number of likely N-dealkylation sites (tertiary alicyclic amines) is 1. The molecule has 3 heterocycles. The molecule has 0 spiro atoms. The smallest absolute Gasteiger partial charge is 0.324 e. The Kier molecular flexibility index (Phi) is 5.39. The number of benzene rings is 1. The fourth-order valence-corrected chi connectivity index (χ4v) is 3.81. The molecule has 9 heteroatoms. The maximum Gasteiger partial charge on any atom is 0.324 e. The minimum absolute atomic E-state index is 0.147. The van der Waals surface area contributed by atoms with Gasteiger partial charge in [-0.15, -0.1) is 0 Å². The van der Waals surface area contributed by atoms with Crippen molar-refractivity contribution in [2.45, 2.75) is 12.8 Å². The minimum atomic E-state index is -0.147. The van der Waals surface area contributed by atoms with Crippen LogP contribution in [0.2, 0.25) is 0 Å². The molecular weight excluding hydrogens is 372 g/mol. The Labute approximate surface area is 169 Å². The van der Waals surface area contributed by atoms with Gasteiger partial charge in [0, 0.05) is 51.2 Å². The van der Waals surface area contributed by atoms with Crippen LogP contribution in [0.15, 0.2) is 24.5 Å². The average molecular weight is 398 g/mol. The summed E-state index contributed by atoms with van der Waals surface area (Å²) in [4.78, 5) is 22.4. The first kappa shape index (κ1) is 19.3. The molecule has 2 N–H and O–H groups in total. The molecule has 1 fully saturated rings. The number of anilines is 1. The second-order valence-corrected chi connectivity index (χ2v) is 7.34. The number of methoxy groups -OCH3 is 2. The van der Waals surface area contributed by atoms with E-state index in [-0.39, 0.29) is 6.03 Å². The quantitative estimate of drug-likeness (QED) is 0.665. The molecular formula is C20H26N6O3. The summed E-state index contributed by atoms with van der Waals surface area (Å²) in [7, 11) is 5.19. The van der Waals surface area contributed by atoms with Gasteiger partial charge in [-0.05, 0) is 30.9 Å². The van der Waals surface area contributed by atoms with E-state index in [0.717, 1.165) is 54.7 Å². The van der Waals surface area contributed by atoms with Gasteiger partial charge in [-0.2, -0.15) is 5.10 Å². The van der Waals surface area contributed by atoms with Crippen LogP contribution < -0.4 is 10.1 Å². The number of imidazole rings is 1. The molecule has 4 rings (SSSR count). The highest BCUT2D eigenvalue weighted by Gasteiger charge is 2.26. The van der Waals surface area contributed by atoms with Crippen LogP contribution in [0.1, 0.15) is 12.8 Å². The van der Waals surface area contributed by atoms with Gasteiger partial charge in [-0.1, -0.05) is 0 Å². The summed E-state index contributed by atoms with van der Waals surface area (Å²) < 4.78 is 12.4. The topological polar surface area (TPSA) is 97.3 Å². The number of H-pyrrole nitrogens is 1. The molecule has 1 atom stereocenters. The summed E-state index contributed by atoms with van der Waals surface area (Å²) in [6.45, 7) is 2.20. The van der Waals surface area contributed by atoms with E-state index < -0.39 is 0 Å². The molecule has 3 aromatic rings. The summed E-state index contributed by atoms with van der Waals surface area (Å²) in [6.07, 6.45) is 5.68. The van der Waals surface area contributed by atoms with E-state index in [1.165, 1.54) is 0 Å². The SMILES string of the molecule is COCC[C@H]1CCN(C(=O)Nc2nc3c(-c4cnn(C)c4)ccc(OC)c3[nH]2)C1. The lowest BCUT2D eigenvalue weighted by atomic mass is 10.1. The number of aromatic amines is 1. The zero-order chi connectivity index (χ0) is 20.4. The molecule has 0 unspecified atom stereocenters. The molecule has 0 aliphatic carbocycles. The van der Waals surface area contributed by atoms with Crippen molar-refractivity contribution in [3.63, 3.8) is 0 Å². The van der Waals surface area contributed by atoms with Crippen LogP contribution in [0.25, 0.3) is 22.2 Å². The Bertz CT molecular complexity index is 1010. The average Bonchev–Trinajstić information content (AvgIpc) is 3.44. The number of fused-ring (bicyclic) bond motifs is 1. The van der Waals surface area contributed by atoms with E-state index in [4.69, 9.17) is 9.47 Å². The van der Waals surface area contributed by atoms with Gasteiger partial charge in [0.15, 0.2) is 0 Å². The minimum Gasteiger partial charge on any atom is -0.494 e. The van der Waals surface area contributed by atoms with Gasteiger partial charge in [-0.3, -0.25) is 10.00 Å². The first-order chi connectivity index (χ1) is 14.1. The van der Waals surface area contributed by atoms with Crippen LogP contribution in [0.3, 0.4) is 0 Å². The van der Waals surface area contributed by atoms with Gasteiger partial charge in [0.05, 0.1) is 13.3 Å². The molecule has 2 amide bonds. The molecule has 1 aliphatic heterocycles. The van der Waals surface area contributed by atoms with Gasteiger partial charge >= 0.3 is 6.03 Å². The van der Waals surface area contributed by atoms with Crippen molar-refractivity contribution < 1.29 is 14.3 Å².